The minimum atomic E-state index is -3.64. The van der Waals surface area contributed by atoms with Gasteiger partial charge in [-0.2, -0.15) is 4.31 Å². The highest BCUT2D eigenvalue weighted by Crippen LogP contribution is 2.41. The summed E-state index contributed by atoms with van der Waals surface area (Å²) >= 11 is 0. The number of methoxy groups -OCH3 is 3. The maximum atomic E-state index is 12.9. The molecule has 0 aliphatic heterocycles. The number of hydrogen-bond donors (Lipinski definition) is 1. The van der Waals surface area contributed by atoms with Crippen molar-refractivity contribution >= 4 is 21.9 Å². The molecule has 0 aliphatic rings. The lowest BCUT2D eigenvalue weighted by Crippen LogP contribution is -2.31. The van der Waals surface area contributed by atoms with Gasteiger partial charge in [-0.05, 0) is 42.8 Å². The van der Waals surface area contributed by atoms with Crippen LogP contribution in [0.4, 0.5) is 6.01 Å². The first-order valence-corrected chi connectivity index (χ1v) is 12.8. The van der Waals surface area contributed by atoms with E-state index in [4.69, 9.17) is 18.6 Å². The number of aromatic nitrogens is 2. The number of amides is 1. The third kappa shape index (κ3) is 5.77. The van der Waals surface area contributed by atoms with Crippen LogP contribution in [-0.4, -0.2) is 63.2 Å². The van der Waals surface area contributed by atoms with Crippen LogP contribution in [-0.2, 0) is 10.0 Å². The minimum Gasteiger partial charge on any atom is -0.493 e. The first kappa shape index (κ1) is 27.0. The Labute approximate surface area is 210 Å². The number of anilines is 1. The lowest BCUT2D eigenvalue weighted by atomic mass is 10.2. The largest absolute Gasteiger partial charge is 0.493 e. The summed E-state index contributed by atoms with van der Waals surface area (Å²) in [6.07, 6.45) is 1.66. The Hall–Kier alpha value is -3.64. The lowest BCUT2D eigenvalue weighted by Gasteiger charge is -2.20. The number of nitrogens with one attached hydrogen (secondary N) is 1. The molecule has 0 aliphatic carbocycles. The molecule has 0 atom stereocenters. The molecule has 1 heterocycles. The highest BCUT2D eigenvalue weighted by molar-refractivity contribution is 7.89. The molecule has 0 fully saturated rings. The van der Waals surface area contributed by atoms with Crippen LogP contribution in [0.2, 0.25) is 0 Å². The summed E-state index contributed by atoms with van der Waals surface area (Å²) in [5, 5.41) is 10.4. The number of rotatable bonds is 12. The standard InChI is InChI=1S/C24H30N4O7S/c1-6-8-13-28(7-2)36(30,31)18-11-9-16(10-12-18)22(29)25-24-27-26-23(35-24)17-14-19(32-3)21(34-5)20(15-17)33-4/h9-12,14-15H,6-8,13H2,1-5H3,(H,25,27,29). The third-order valence-corrected chi connectivity index (χ3v) is 7.41. The third-order valence-electron chi connectivity index (χ3n) is 5.43. The van der Waals surface area contributed by atoms with E-state index >= 15 is 0 Å². The van der Waals surface area contributed by atoms with E-state index in [1.807, 2.05) is 6.92 Å². The molecule has 3 aromatic rings. The molecule has 0 saturated carbocycles. The monoisotopic (exact) mass is 518 g/mol. The Morgan fingerprint density at radius 3 is 2.17 bits per heavy atom. The normalized spacial score (nSPS) is 11.4. The molecular weight excluding hydrogens is 488 g/mol. The highest BCUT2D eigenvalue weighted by Gasteiger charge is 2.23. The fraction of sp³-hybridized carbons (Fsp3) is 0.375. The molecule has 0 radical (unpaired) electrons. The zero-order valence-electron chi connectivity index (χ0n) is 20.9. The van der Waals surface area contributed by atoms with E-state index in [0.29, 0.717) is 35.9 Å². The van der Waals surface area contributed by atoms with Crippen LogP contribution >= 0.6 is 0 Å². The van der Waals surface area contributed by atoms with Gasteiger partial charge in [-0.25, -0.2) is 8.42 Å². The van der Waals surface area contributed by atoms with E-state index < -0.39 is 15.9 Å². The zero-order valence-corrected chi connectivity index (χ0v) is 21.7. The second kappa shape index (κ2) is 11.9. The van der Waals surface area contributed by atoms with E-state index in [-0.39, 0.29) is 22.4 Å². The molecule has 194 valence electrons. The summed E-state index contributed by atoms with van der Waals surface area (Å²) in [5.74, 6) is 0.814. The number of sulfonamides is 1. The Kier molecular flexibility index (Phi) is 8.88. The van der Waals surface area contributed by atoms with Crippen LogP contribution < -0.4 is 19.5 Å². The number of benzene rings is 2. The molecule has 0 unspecified atom stereocenters. The Bertz CT molecular complexity index is 1270. The van der Waals surface area contributed by atoms with Gasteiger partial charge in [0.2, 0.25) is 21.7 Å². The topological polar surface area (TPSA) is 133 Å². The van der Waals surface area contributed by atoms with Gasteiger partial charge in [0.25, 0.3) is 5.91 Å². The summed E-state index contributed by atoms with van der Waals surface area (Å²) in [7, 11) is 0.834. The van der Waals surface area contributed by atoms with Crippen LogP contribution in [0, 0.1) is 0 Å². The molecule has 0 spiro atoms. The maximum absolute atomic E-state index is 12.9. The Balaban J connectivity index is 1.76. The fourth-order valence-electron chi connectivity index (χ4n) is 3.47. The van der Waals surface area contributed by atoms with Crippen molar-refractivity contribution in [3.05, 3.63) is 42.0 Å². The SMILES string of the molecule is CCCCN(CC)S(=O)(=O)c1ccc(C(=O)Nc2nnc(-c3cc(OC)c(OC)c(OC)c3)o2)cc1. The van der Waals surface area contributed by atoms with Crippen molar-refractivity contribution < 1.29 is 31.8 Å². The van der Waals surface area contributed by atoms with Gasteiger partial charge in [-0.1, -0.05) is 25.4 Å². The summed E-state index contributed by atoms with van der Waals surface area (Å²) in [5.41, 5.74) is 0.730. The van der Waals surface area contributed by atoms with Crippen molar-refractivity contribution in [2.75, 3.05) is 39.7 Å². The Morgan fingerprint density at radius 1 is 1.00 bits per heavy atom. The second-order valence-corrected chi connectivity index (χ2v) is 9.59. The smallest absolute Gasteiger partial charge is 0.322 e. The summed E-state index contributed by atoms with van der Waals surface area (Å²) in [6, 6.07) is 8.84. The minimum absolute atomic E-state index is 0.123. The van der Waals surface area contributed by atoms with Crippen LogP contribution in [0.15, 0.2) is 45.7 Å². The van der Waals surface area contributed by atoms with Crippen molar-refractivity contribution in [3.63, 3.8) is 0 Å². The van der Waals surface area contributed by atoms with Crippen molar-refractivity contribution in [1.29, 1.82) is 0 Å². The maximum Gasteiger partial charge on any atom is 0.322 e. The first-order valence-electron chi connectivity index (χ1n) is 11.3. The summed E-state index contributed by atoms with van der Waals surface area (Å²) in [6.45, 7) is 4.62. The number of hydrogen-bond acceptors (Lipinski definition) is 9. The van der Waals surface area contributed by atoms with Gasteiger partial charge in [0.15, 0.2) is 11.5 Å². The average molecular weight is 519 g/mol. The first-order chi connectivity index (χ1) is 17.3. The van der Waals surface area contributed by atoms with E-state index in [0.717, 1.165) is 12.8 Å². The van der Waals surface area contributed by atoms with Crippen LogP contribution in [0.1, 0.15) is 37.0 Å². The second-order valence-electron chi connectivity index (χ2n) is 7.66. The van der Waals surface area contributed by atoms with E-state index in [1.54, 1.807) is 19.1 Å². The summed E-state index contributed by atoms with van der Waals surface area (Å²) in [4.78, 5) is 12.8. The van der Waals surface area contributed by atoms with Gasteiger partial charge < -0.3 is 18.6 Å². The van der Waals surface area contributed by atoms with Gasteiger partial charge in [-0.15, -0.1) is 5.10 Å². The molecular formula is C24H30N4O7S. The van der Waals surface area contributed by atoms with Crippen molar-refractivity contribution in [2.24, 2.45) is 0 Å². The average Bonchev–Trinajstić information content (AvgIpc) is 3.36. The predicted molar refractivity (Wildman–Crippen MR) is 133 cm³/mol. The molecule has 11 nitrogen and oxygen atoms in total. The van der Waals surface area contributed by atoms with E-state index in [9.17, 15) is 13.2 Å². The van der Waals surface area contributed by atoms with Crippen molar-refractivity contribution in [3.8, 4) is 28.7 Å². The molecule has 2 aromatic carbocycles. The van der Waals surface area contributed by atoms with Crippen molar-refractivity contribution in [1.82, 2.24) is 14.5 Å². The van der Waals surface area contributed by atoms with Crippen LogP contribution in [0.25, 0.3) is 11.5 Å². The highest BCUT2D eigenvalue weighted by atomic mass is 32.2. The van der Waals surface area contributed by atoms with Crippen molar-refractivity contribution in [2.45, 2.75) is 31.6 Å². The molecule has 12 heteroatoms. The molecule has 1 aromatic heterocycles. The Morgan fingerprint density at radius 2 is 1.64 bits per heavy atom. The van der Waals surface area contributed by atoms with Crippen LogP contribution in [0.5, 0.6) is 17.2 Å². The van der Waals surface area contributed by atoms with Gasteiger partial charge in [0.1, 0.15) is 0 Å². The molecule has 1 amide bonds. The number of nitrogens with zero attached hydrogens (tertiary/aromatic N) is 3. The number of carbonyl (C=O) groups excluding carboxylic acids is 1. The summed E-state index contributed by atoms with van der Waals surface area (Å²) < 4.78 is 48.7. The zero-order chi connectivity index (χ0) is 26.3. The number of ether oxygens (including phenoxy) is 3. The van der Waals surface area contributed by atoms with Gasteiger partial charge >= 0.3 is 6.01 Å². The molecule has 0 saturated heterocycles. The number of carbonyl (C=O) groups is 1. The van der Waals surface area contributed by atoms with Gasteiger partial charge in [-0.3, -0.25) is 10.1 Å². The quantitative estimate of drug-likeness (QED) is 0.380. The van der Waals surface area contributed by atoms with E-state index in [1.165, 1.54) is 49.9 Å². The molecule has 1 N–H and O–H groups in total. The van der Waals surface area contributed by atoms with Crippen LogP contribution in [0.3, 0.4) is 0 Å². The molecule has 3 rings (SSSR count). The molecule has 0 bridgehead atoms. The van der Waals surface area contributed by atoms with Gasteiger partial charge in [0.05, 0.1) is 26.2 Å². The molecule has 36 heavy (non-hydrogen) atoms. The predicted octanol–water partition coefficient (Wildman–Crippen LogP) is 3.83. The lowest BCUT2D eigenvalue weighted by molar-refractivity contribution is 0.102. The van der Waals surface area contributed by atoms with E-state index in [2.05, 4.69) is 15.5 Å². The fourth-order valence-corrected chi connectivity index (χ4v) is 4.96. The number of unbranched alkanes of at least 4 members (excludes halogenated alkanes) is 1. The van der Waals surface area contributed by atoms with Gasteiger partial charge in [0, 0.05) is 24.2 Å².